The fraction of sp³-hybridized carbons (Fsp3) is 0.278. The van der Waals surface area contributed by atoms with E-state index < -0.39 is 6.03 Å². The first-order valence-corrected chi connectivity index (χ1v) is 8.19. The topological polar surface area (TPSA) is 49.6 Å². The molecular formula is C18H19ClFN3O. The SMILES string of the molecule is Cc1c(Cl)cccc1N(C(N)=O)[C@@H]1CCN(c2cccc(F)c2)C1. The van der Waals surface area contributed by atoms with Gasteiger partial charge in [-0.05, 0) is 49.2 Å². The first kappa shape index (κ1) is 16.6. The number of halogens is 2. The minimum absolute atomic E-state index is 0.0806. The van der Waals surface area contributed by atoms with Gasteiger partial charge in [-0.2, -0.15) is 0 Å². The lowest BCUT2D eigenvalue weighted by Crippen LogP contribution is -2.45. The summed E-state index contributed by atoms with van der Waals surface area (Å²) in [4.78, 5) is 15.7. The average molecular weight is 348 g/mol. The van der Waals surface area contributed by atoms with Gasteiger partial charge in [-0.25, -0.2) is 9.18 Å². The van der Waals surface area contributed by atoms with Crippen LogP contribution in [-0.2, 0) is 0 Å². The zero-order valence-corrected chi connectivity index (χ0v) is 14.1. The highest BCUT2D eigenvalue weighted by Crippen LogP contribution is 2.31. The zero-order chi connectivity index (χ0) is 17.3. The van der Waals surface area contributed by atoms with E-state index in [0.717, 1.165) is 29.9 Å². The van der Waals surface area contributed by atoms with Crippen molar-refractivity contribution < 1.29 is 9.18 Å². The molecule has 24 heavy (non-hydrogen) atoms. The lowest BCUT2D eigenvalue weighted by Gasteiger charge is -2.29. The van der Waals surface area contributed by atoms with Gasteiger partial charge >= 0.3 is 6.03 Å². The Morgan fingerprint density at radius 2 is 2.08 bits per heavy atom. The molecule has 0 radical (unpaired) electrons. The van der Waals surface area contributed by atoms with E-state index in [1.54, 1.807) is 23.1 Å². The van der Waals surface area contributed by atoms with Crippen molar-refractivity contribution in [2.45, 2.75) is 19.4 Å². The van der Waals surface area contributed by atoms with Gasteiger partial charge in [0, 0.05) is 23.8 Å². The number of hydrogen-bond acceptors (Lipinski definition) is 2. The smallest absolute Gasteiger partial charge is 0.319 e. The maximum Gasteiger partial charge on any atom is 0.319 e. The highest BCUT2D eigenvalue weighted by atomic mass is 35.5. The third kappa shape index (κ3) is 3.17. The summed E-state index contributed by atoms with van der Waals surface area (Å²) < 4.78 is 13.4. The molecule has 0 aliphatic carbocycles. The summed E-state index contributed by atoms with van der Waals surface area (Å²) in [5.74, 6) is -0.270. The number of nitrogens with zero attached hydrogens (tertiary/aromatic N) is 2. The first-order chi connectivity index (χ1) is 11.5. The first-order valence-electron chi connectivity index (χ1n) is 7.81. The van der Waals surface area contributed by atoms with Crippen molar-refractivity contribution in [3.8, 4) is 0 Å². The number of hydrogen-bond donors (Lipinski definition) is 1. The Morgan fingerprint density at radius 1 is 1.33 bits per heavy atom. The van der Waals surface area contributed by atoms with Crippen LogP contribution in [0.25, 0.3) is 0 Å². The second-order valence-electron chi connectivity index (χ2n) is 5.96. The van der Waals surface area contributed by atoms with Crippen LogP contribution in [0.3, 0.4) is 0 Å². The van der Waals surface area contributed by atoms with Crippen LogP contribution in [-0.4, -0.2) is 25.2 Å². The highest BCUT2D eigenvalue weighted by molar-refractivity contribution is 6.31. The molecule has 6 heteroatoms. The number of carbonyl (C=O) groups excluding carboxylic acids is 1. The summed E-state index contributed by atoms with van der Waals surface area (Å²) in [7, 11) is 0. The van der Waals surface area contributed by atoms with E-state index in [1.807, 2.05) is 19.1 Å². The van der Waals surface area contributed by atoms with Gasteiger partial charge < -0.3 is 10.6 Å². The predicted molar refractivity (Wildman–Crippen MR) is 95.3 cm³/mol. The lowest BCUT2D eigenvalue weighted by atomic mass is 10.1. The third-order valence-corrected chi connectivity index (χ3v) is 4.85. The fourth-order valence-electron chi connectivity index (χ4n) is 3.21. The molecule has 2 amide bonds. The number of rotatable bonds is 3. The number of anilines is 2. The van der Waals surface area contributed by atoms with Crippen LogP contribution in [0.15, 0.2) is 42.5 Å². The molecule has 3 rings (SSSR count). The van der Waals surface area contributed by atoms with Crippen LogP contribution in [0.5, 0.6) is 0 Å². The van der Waals surface area contributed by atoms with Gasteiger partial charge in [-0.1, -0.05) is 23.7 Å². The van der Waals surface area contributed by atoms with Crippen molar-refractivity contribution in [3.05, 3.63) is 58.9 Å². The molecule has 2 aromatic carbocycles. The molecule has 126 valence electrons. The number of carbonyl (C=O) groups is 1. The van der Waals surface area contributed by atoms with Crippen LogP contribution in [0, 0.1) is 12.7 Å². The van der Waals surface area contributed by atoms with Gasteiger partial charge in [-0.15, -0.1) is 0 Å². The Morgan fingerprint density at radius 3 is 2.79 bits per heavy atom. The van der Waals surface area contributed by atoms with E-state index in [4.69, 9.17) is 17.3 Å². The van der Waals surface area contributed by atoms with Crippen molar-refractivity contribution in [2.75, 3.05) is 22.9 Å². The van der Waals surface area contributed by atoms with E-state index >= 15 is 0 Å². The molecule has 4 nitrogen and oxygen atoms in total. The largest absolute Gasteiger partial charge is 0.369 e. The molecule has 0 aromatic heterocycles. The van der Waals surface area contributed by atoms with E-state index in [2.05, 4.69) is 4.90 Å². The van der Waals surface area contributed by atoms with Gasteiger partial charge in [0.15, 0.2) is 0 Å². The Labute approximate surface area is 145 Å². The molecule has 1 aliphatic rings. The zero-order valence-electron chi connectivity index (χ0n) is 13.4. The summed E-state index contributed by atoms with van der Waals surface area (Å²) in [5.41, 5.74) is 8.00. The van der Waals surface area contributed by atoms with Crippen LogP contribution in [0.2, 0.25) is 5.02 Å². The Balaban J connectivity index is 1.86. The number of primary amides is 1. The summed E-state index contributed by atoms with van der Waals surface area (Å²) in [6.45, 7) is 3.20. The number of amides is 2. The maximum absolute atomic E-state index is 13.4. The lowest BCUT2D eigenvalue weighted by molar-refractivity contribution is 0.252. The van der Waals surface area contributed by atoms with Crippen LogP contribution < -0.4 is 15.5 Å². The summed E-state index contributed by atoms with van der Waals surface area (Å²) in [6.07, 6.45) is 0.755. The van der Waals surface area contributed by atoms with Crippen molar-refractivity contribution in [1.82, 2.24) is 0 Å². The molecule has 1 aliphatic heterocycles. The summed E-state index contributed by atoms with van der Waals surface area (Å²) >= 11 is 6.18. The molecule has 0 bridgehead atoms. The second kappa shape index (κ2) is 6.69. The normalized spacial score (nSPS) is 17.1. The van der Waals surface area contributed by atoms with E-state index in [1.165, 1.54) is 12.1 Å². The molecule has 0 unspecified atom stereocenters. The molecular weight excluding hydrogens is 329 g/mol. The van der Waals surface area contributed by atoms with Gasteiger partial charge in [-0.3, -0.25) is 4.90 Å². The van der Waals surface area contributed by atoms with Crippen LogP contribution >= 0.6 is 11.6 Å². The third-order valence-electron chi connectivity index (χ3n) is 4.44. The van der Waals surface area contributed by atoms with Gasteiger partial charge in [0.25, 0.3) is 0 Å². The van der Waals surface area contributed by atoms with Crippen molar-refractivity contribution in [3.63, 3.8) is 0 Å². The predicted octanol–water partition coefficient (Wildman–Crippen LogP) is 3.95. The second-order valence-corrected chi connectivity index (χ2v) is 6.37. The minimum Gasteiger partial charge on any atom is -0.369 e. The summed E-state index contributed by atoms with van der Waals surface area (Å²) in [5, 5.41) is 0.596. The van der Waals surface area contributed by atoms with Crippen molar-refractivity contribution in [1.29, 1.82) is 0 Å². The van der Waals surface area contributed by atoms with Crippen LogP contribution in [0.1, 0.15) is 12.0 Å². The average Bonchev–Trinajstić information content (AvgIpc) is 3.01. The number of nitrogens with two attached hydrogens (primary N) is 1. The monoisotopic (exact) mass is 347 g/mol. The number of benzene rings is 2. The minimum atomic E-state index is -0.508. The molecule has 0 saturated carbocycles. The molecule has 1 heterocycles. The molecule has 1 atom stereocenters. The Hall–Kier alpha value is -2.27. The molecule has 2 aromatic rings. The van der Waals surface area contributed by atoms with Crippen molar-refractivity contribution >= 4 is 29.0 Å². The Bertz CT molecular complexity index is 768. The maximum atomic E-state index is 13.4. The van der Waals surface area contributed by atoms with E-state index in [-0.39, 0.29) is 11.9 Å². The molecule has 2 N–H and O–H groups in total. The quantitative estimate of drug-likeness (QED) is 0.913. The van der Waals surface area contributed by atoms with Gasteiger partial charge in [0.05, 0.1) is 11.7 Å². The van der Waals surface area contributed by atoms with Crippen LogP contribution in [0.4, 0.5) is 20.6 Å². The highest BCUT2D eigenvalue weighted by Gasteiger charge is 2.32. The number of urea groups is 1. The Kier molecular flexibility index (Phi) is 4.62. The standard InChI is InChI=1S/C18H19ClFN3O/c1-12-16(19)6-3-7-17(12)23(18(21)24)15-8-9-22(11-15)14-5-2-4-13(20)10-14/h2-7,10,15H,8-9,11H2,1H3,(H2,21,24)/t15-/m1/s1. The van der Waals surface area contributed by atoms with Crippen molar-refractivity contribution in [2.24, 2.45) is 5.73 Å². The molecule has 1 fully saturated rings. The fourth-order valence-corrected chi connectivity index (χ4v) is 3.38. The van der Waals surface area contributed by atoms with Gasteiger partial charge in [0.1, 0.15) is 5.82 Å². The van der Waals surface area contributed by atoms with E-state index in [0.29, 0.717) is 11.6 Å². The molecule has 0 spiro atoms. The van der Waals surface area contributed by atoms with Gasteiger partial charge in [0.2, 0.25) is 0 Å². The van der Waals surface area contributed by atoms with E-state index in [9.17, 15) is 9.18 Å². The molecule has 1 saturated heterocycles. The summed E-state index contributed by atoms with van der Waals surface area (Å²) in [6, 6.07) is 11.3.